The molecule has 0 radical (unpaired) electrons. The molecule has 3 aromatic carbocycles. The molecule has 1 aliphatic heterocycles. The number of halogens is 2. The number of hydrogen-bond donors (Lipinski definition) is 1. The lowest BCUT2D eigenvalue weighted by Crippen LogP contribution is -2.60. The van der Waals surface area contributed by atoms with Crippen molar-refractivity contribution in [2.24, 2.45) is 0 Å². The van der Waals surface area contributed by atoms with E-state index in [4.69, 9.17) is 23.2 Å². The van der Waals surface area contributed by atoms with Crippen LogP contribution in [0.5, 0.6) is 5.75 Å². The molecule has 1 unspecified atom stereocenters. The quantitative estimate of drug-likeness (QED) is 0.499. The van der Waals surface area contributed by atoms with Gasteiger partial charge in [-0.1, -0.05) is 59.6 Å². The Morgan fingerprint density at radius 3 is 2.03 bits per heavy atom. The molecule has 8 heteroatoms. The van der Waals surface area contributed by atoms with Gasteiger partial charge in [-0.3, -0.25) is 9.11 Å². The maximum atomic E-state index is 11.9. The first-order valence-corrected chi connectivity index (χ1v) is 11.6. The molecule has 31 heavy (non-hydrogen) atoms. The van der Waals surface area contributed by atoms with E-state index in [1.807, 2.05) is 48.5 Å². The second kappa shape index (κ2) is 9.69. The van der Waals surface area contributed by atoms with Gasteiger partial charge in [0, 0.05) is 47.0 Å². The highest BCUT2D eigenvalue weighted by Gasteiger charge is 2.37. The van der Waals surface area contributed by atoms with Crippen molar-refractivity contribution in [1.29, 1.82) is 0 Å². The number of rotatable bonds is 7. The molecule has 162 valence electrons. The summed E-state index contributed by atoms with van der Waals surface area (Å²) in [5, 5.41) is 11.0. The van der Waals surface area contributed by atoms with Gasteiger partial charge in [-0.15, -0.1) is 0 Å². The number of hydrogen-bond acceptors (Lipinski definition) is 4. The van der Waals surface area contributed by atoms with Crippen LogP contribution in [0.25, 0.3) is 0 Å². The lowest BCUT2D eigenvalue weighted by atomic mass is 9.93. The predicted molar refractivity (Wildman–Crippen MR) is 123 cm³/mol. The molecule has 0 amide bonds. The summed E-state index contributed by atoms with van der Waals surface area (Å²) in [5.74, 6) is 0.120. The average Bonchev–Trinajstić information content (AvgIpc) is 2.71. The monoisotopic (exact) mass is 475 g/mol. The van der Waals surface area contributed by atoms with Crippen molar-refractivity contribution >= 4 is 34.5 Å². The summed E-state index contributed by atoms with van der Waals surface area (Å²) in [7, 11) is 0. The number of benzene rings is 3. The van der Waals surface area contributed by atoms with Crippen LogP contribution in [0.2, 0.25) is 10.0 Å². The fourth-order valence-electron chi connectivity index (χ4n) is 3.92. The molecule has 1 N–H and O–H groups in total. The van der Waals surface area contributed by atoms with Crippen molar-refractivity contribution in [3.8, 4) is 5.75 Å². The Morgan fingerprint density at radius 1 is 1.00 bits per heavy atom. The zero-order valence-corrected chi connectivity index (χ0v) is 18.9. The van der Waals surface area contributed by atoms with E-state index in [1.54, 1.807) is 24.3 Å². The first-order chi connectivity index (χ1) is 14.9. The van der Waals surface area contributed by atoms with E-state index >= 15 is 0 Å². The van der Waals surface area contributed by atoms with Crippen molar-refractivity contribution in [2.75, 3.05) is 13.1 Å². The number of phenols is 1. The fourth-order valence-corrected chi connectivity index (χ4v) is 4.81. The Morgan fingerprint density at radius 2 is 1.55 bits per heavy atom. The van der Waals surface area contributed by atoms with Crippen molar-refractivity contribution in [3.05, 3.63) is 99.5 Å². The van der Waals surface area contributed by atoms with Crippen LogP contribution in [0.4, 0.5) is 0 Å². The number of nitrogens with zero attached hydrogens (tertiary/aromatic N) is 2. The topological polar surface area (TPSA) is 66.8 Å². The molecule has 0 aromatic heterocycles. The van der Waals surface area contributed by atoms with Gasteiger partial charge in [0.05, 0.1) is 6.04 Å². The smallest absolute Gasteiger partial charge is 0.115 e. The van der Waals surface area contributed by atoms with E-state index in [0.29, 0.717) is 23.1 Å². The summed E-state index contributed by atoms with van der Waals surface area (Å²) in [6.07, 6.45) is 0. The summed E-state index contributed by atoms with van der Waals surface area (Å²) in [5.41, 5.74) is 2.90. The number of aromatic hydroxyl groups is 1. The zero-order chi connectivity index (χ0) is 22.0. The molecule has 0 spiro atoms. The van der Waals surface area contributed by atoms with Crippen molar-refractivity contribution in [3.63, 3.8) is 0 Å². The van der Waals surface area contributed by atoms with Gasteiger partial charge in [0.1, 0.15) is 5.75 Å². The minimum atomic E-state index is -2.37. The zero-order valence-electron chi connectivity index (χ0n) is 16.5. The largest absolute Gasteiger partial charge is 0.760 e. The van der Waals surface area contributed by atoms with Gasteiger partial charge in [-0.05, 0) is 53.1 Å². The van der Waals surface area contributed by atoms with Gasteiger partial charge < -0.3 is 9.66 Å². The van der Waals surface area contributed by atoms with Crippen LogP contribution in [-0.2, 0) is 17.8 Å². The predicted octanol–water partition coefficient (Wildman–Crippen LogP) is 4.77. The highest BCUT2D eigenvalue weighted by atomic mass is 35.5. The molecule has 0 aliphatic carbocycles. The van der Waals surface area contributed by atoms with E-state index in [9.17, 15) is 13.9 Å². The lowest BCUT2D eigenvalue weighted by molar-refractivity contribution is 0.0494. The van der Waals surface area contributed by atoms with Gasteiger partial charge in [-0.2, -0.15) is 0 Å². The highest BCUT2D eigenvalue weighted by Crippen LogP contribution is 2.35. The molecule has 0 saturated carbocycles. The molecule has 1 heterocycles. The summed E-state index contributed by atoms with van der Waals surface area (Å²) in [4.78, 5) is 2.24. The normalized spacial score (nSPS) is 15.9. The van der Waals surface area contributed by atoms with Crippen LogP contribution in [-0.4, -0.2) is 42.2 Å². The highest BCUT2D eigenvalue weighted by molar-refractivity contribution is 7.76. The summed E-state index contributed by atoms with van der Waals surface area (Å²) >= 11 is 9.78. The Kier molecular flexibility index (Phi) is 6.96. The third kappa shape index (κ3) is 5.29. The van der Waals surface area contributed by atoms with Gasteiger partial charge in [0.2, 0.25) is 0 Å². The van der Waals surface area contributed by atoms with E-state index < -0.39 is 11.3 Å². The molecular weight excluding hydrogens is 455 g/mol. The molecule has 1 fully saturated rings. The van der Waals surface area contributed by atoms with E-state index in [2.05, 4.69) is 4.90 Å². The van der Waals surface area contributed by atoms with E-state index in [-0.39, 0.29) is 24.4 Å². The van der Waals surface area contributed by atoms with Crippen LogP contribution >= 0.6 is 23.2 Å². The van der Waals surface area contributed by atoms with Crippen molar-refractivity contribution in [1.82, 2.24) is 9.21 Å². The van der Waals surface area contributed by atoms with Crippen LogP contribution < -0.4 is 0 Å². The summed E-state index contributed by atoms with van der Waals surface area (Å²) in [6.45, 7) is 1.39. The Bertz CT molecular complexity index is 1010. The van der Waals surface area contributed by atoms with Crippen LogP contribution in [0, 0.1) is 0 Å². The molecular formula is C23H21Cl2N2O3S-. The Labute approximate surface area is 194 Å². The van der Waals surface area contributed by atoms with Crippen LogP contribution in [0.1, 0.15) is 22.7 Å². The summed E-state index contributed by atoms with van der Waals surface area (Å²) in [6, 6.07) is 21.9. The molecule has 0 bridgehead atoms. The van der Waals surface area contributed by atoms with Gasteiger partial charge in [0.15, 0.2) is 0 Å². The maximum Gasteiger partial charge on any atom is 0.115 e. The fraction of sp³-hybridized carbons (Fsp3) is 0.217. The van der Waals surface area contributed by atoms with Crippen LogP contribution in [0.15, 0.2) is 72.8 Å². The Hall–Kier alpha value is -1.93. The maximum absolute atomic E-state index is 11.9. The first-order valence-electron chi connectivity index (χ1n) is 9.79. The number of phenolic OH excluding ortho intramolecular Hbond substituents is 1. The second-order valence-corrected chi connectivity index (χ2v) is 9.35. The SMILES string of the molecule is O=S([O-])N(Cc1cccc(O)c1)C1CN(C(c2ccc(Cl)cc2)c2ccc(Cl)cc2)C1. The third-order valence-corrected chi connectivity index (χ3v) is 6.79. The lowest BCUT2D eigenvalue weighted by Gasteiger charge is -2.49. The molecule has 5 nitrogen and oxygen atoms in total. The van der Waals surface area contributed by atoms with Crippen LogP contribution in [0.3, 0.4) is 0 Å². The minimum absolute atomic E-state index is 0.0338. The van der Waals surface area contributed by atoms with Crippen molar-refractivity contribution < 1.29 is 13.9 Å². The van der Waals surface area contributed by atoms with Gasteiger partial charge >= 0.3 is 0 Å². The third-order valence-electron chi connectivity index (χ3n) is 5.47. The van der Waals surface area contributed by atoms with Gasteiger partial charge in [-0.25, -0.2) is 4.31 Å². The van der Waals surface area contributed by atoms with Gasteiger partial charge in [0.25, 0.3) is 0 Å². The molecule has 1 atom stereocenters. The molecule has 3 aromatic rings. The first kappa shape index (κ1) is 22.3. The second-order valence-electron chi connectivity index (χ2n) is 7.58. The molecule has 1 saturated heterocycles. The Balaban J connectivity index is 1.54. The summed E-state index contributed by atoms with van der Waals surface area (Å²) < 4.78 is 25.3. The standard InChI is InChI=1S/C23H22Cl2N2O3S/c24-19-8-4-17(5-9-19)23(18-6-10-20(25)11-7-18)26-14-21(15-26)27(31(29)30)13-16-2-1-3-22(28)12-16/h1-12,21,23,28H,13-15H2,(H,29,30)/p-1. The van der Waals surface area contributed by atoms with Crippen molar-refractivity contribution in [2.45, 2.75) is 18.6 Å². The van der Waals surface area contributed by atoms with E-state index in [1.165, 1.54) is 4.31 Å². The number of likely N-dealkylation sites (tertiary alicyclic amines) is 1. The average molecular weight is 476 g/mol. The molecule has 1 aliphatic rings. The molecule has 4 rings (SSSR count). The van der Waals surface area contributed by atoms with E-state index in [0.717, 1.165) is 16.7 Å². The minimum Gasteiger partial charge on any atom is -0.760 e.